The molecule has 0 atom stereocenters. The number of aromatic nitrogens is 2. The molecule has 3 aromatic rings. The first-order chi connectivity index (χ1) is 15.1. The molecule has 0 radical (unpaired) electrons. The van der Waals surface area contributed by atoms with Gasteiger partial charge in [0, 0.05) is 44.6 Å². The first kappa shape index (κ1) is 21.0. The molecule has 1 aliphatic rings. The second-order valence-electron chi connectivity index (χ2n) is 7.48. The van der Waals surface area contributed by atoms with E-state index in [0.29, 0.717) is 49.7 Å². The molecule has 1 aromatic heterocycles. The van der Waals surface area contributed by atoms with E-state index in [1.54, 1.807) is 10.8 Å². The minimum atomic E-state index is -0.0654. The van der Waals surface area contributed by atoms with Gasteiger partial charge in [0.05, 0.1) is 6.54 Å². The van der Waals surface area contributed by atoms with Crippen LogP contribution >= 0.6 is 12.2 Å². The van der Waals surface area contributed by atoms with E-state index in [2.05, 4.69) is 15.2 Å². The van der Waals surface area contributed by atoms with Gasteiger partial charge in [0.25, 0.3) is 5.91 Å². The van der Waals surface area contributed by atoms with Gasteiger partial charge in [-0.25, -0.2) is 0 Å². The number of para-hydroxylation sites is 1. The first-order valence-corrected chi connectivity index (χ1v) is 10.7. The highest BCUT2D eigenvalue weighted by molar-refractivity contribution is 7.71. The summed E-state index contributed by atoms with van der Waals surface area (Å²) in [5.74, 6) is -0.0729. The smallest absolute Gasteiger partial charge is 0.272 e. The third-order valence-electron chi connectivity index (χ3n) is 5.37. The molecule has 7 nitrogen and oxygen atoms in total. The summed E-state index contributed by atoms with van der Waals surface area (Å²) in [5, 5.41) is 2.95. The van der Waals surface area contributed by atoms with Crippen LogP contribution in [0.3, 0.4) is 0 Å². The van der Waals surface area contributed by atoms with Gasteiger partial charge in [0.1, 0.15) is 5.69 Å². The quantitative estimate of drug-likeness (QED) is 0.584. The highest BCUT2D eigenvalue weighted by Crippen LogP contribution is 2.15. The number of aromatic amines is 1. The highest BCUT2D eigenvalue weighted by atomic mass is 32.1. The molecule has 2 N–H and O–H groups in total. The highest BCUT2D eigenvalue weighted by Gasteiger charge is 2.25. The number of rotatable bonds is 6. The van der Waals surface area contributed by atoms with Crippen molar-refractivity contribution in [3.8, 4) is 5.69 Å². The zero-order valence-corrected chi connectivity index (χ0v) is 18.0. The van der Waals surface area contributed by atoms with Crippen molar-refractivity contribution in [2.24, 2.45) is 0 Å². The van der Waals surface area contributed by atoms with Gasteiger partial charge in [-0.3, -0.25) is 19.1 Å². The summed E-state index contributed by atoms with van der Waals surface area (Å²) >= 11 is 5.39. The number of imidazole rings is 1. The number of nitrogens with zero attached hydrogens (tertiary/aromatic N) is 3. The van der Waals surface area contributed by atoms with Gasteiger partial charge in [-0.05, 0) is 29.9 Å². The Morgan fingerprint density at radius 3 is 2.26 bits per heavy atom. The van der Waals surface area contributed by atoms with Crippen molar-refractivity contribution in [3.05, 3.63) is 82.9 Å². The topological polar surface area (TPSA) is 73.4 Å². The molecule has 0 spiro atoms. The van der Waals surface area contributed by atoms with E-state index in [1.807, 2.05) is 65.6 Å². The van der Waals surface area contributed by atoms with Crippen LogP contribution in [0.15, 0.2) is 66.9 Å². The van der Waals surface area contributed by atoms with Gasteiger partial charge in [-0.2, -0.15) is 0 Å². The molecule has 0 saturated carbocycles. The van der Waals surface area contributed by atoms with Crippen LogP contribution in [0, 0.1) is 4.77 Å². The van der Waals surface area contributed by atoms with Gasteiger partial charge in [-0.1, -0.05) is 48.5 Å². The van der Waals surface area contributed by atoms with E-state index in [9.17, 15) is 9.59 Å². The number of hydrogen-bond acceptors (Lipinski definition) is 4. The lowest BCUT2D eigenvalue weighted by Crippen LogP contribution is -2.51. The molecular weight excluding hydrogens is 410 g/mol. The fraction of sp³-hybridized carbons (Fsp3) is 0.261. The van der Waals surface area contributed by atoms with E-state index in [4.69, 9.17) is 12.2 Å². The summed E-state index contributed by atoms with van der Waals surface area (Å²) in [6, 6.07) is 19.5. The van der Waals surface area contributed by atoms with Crippen LogP contribution in [0.5, 0.6) is 0 Å². The van der Waals surface area contributed by atoms with Crippen molar-refractivity contribution in [2.75, 3.05) is 32.7 Å². The molecule has 160 valence electrons. The molecule has 2 aromatic carbocycles. The minimum Gasteiger partial charge on any atom is -0.351 e. The van der Waals surface area contributed by atoms with Crippen LogP contribution in [-0.4, -0.2) is 63.9 Å². The van der Waals surface area contributed by atoms with Crippen LogP contribution in [0.2, 0.25) is 0 Å². The van der Waals surface area contributed by atoms with E-state index in [1.165, 1.54) is 0 Å². The number of carbonyl (C=O) groups is 2. The van der Waals surface area contributed by atoms with Crippen LogP contribution in [-0.2, 0) is 11.3 Å². The van der Waals surface area contributed by atoms with Crippen LogP contribution < -0.4 is 5.32 Å². The largest absolute Gasteiger partial charge is 0.351 e. The van der Waals surface area contributed by atoms with Gasteiger partial charge in [-0.15, -0.1) is 0 Å². The molecule has 31 heavy (non-hydrogen) atoms. The Morgan fingerprint density at radius 1 is 0.935 bits per heavy atom. The number of amides is 2. The number of carbonyl (C=O) groups excluding carboxylic acids is 2. The van der Waals surface area contributed by atoms with E-state index < -0.39 is 0 Å². The van der Waals surface area contributed by atoms with E-state index in [0.717, 1.165) is 11.3 Å². The Balaban J connectivity index is 1.32. The van der Waals surface area contributed by atoms with Crippen molar-refractivity contribution in [1.82, 2.24) is 24.7 Å². The molecule has 0 unspecified atom stereocenters. The Morgan fingerprint density at radius 2 is 1.58 bits per heavy atom. The maximum atomic E-state index is 13.1. The predicted octanol–water partition coefficient (Wildman–Crippen LogP) is 2.61. The van der Waals surface area contributed by atoms with E-state index >= 15 is 0 Å². The molecule has 4 rings (SSSR count). The molecule has 1 fully saturated rings. The van der Waals surface area contributed by atoms with Crippen LogP contribution in [0.25, 0.3) is 5.69 Å². The number of benzene rings is 2. The molecule has 0 aliphatic carbocycles. The van der Waals surface area contributed by atoms with Crippen LogP contribution in [0.1, 0.15) is 16.1 Å². The fourth-order valence-corrected chi connectivity index (χ4v) is 3.95. The minimum absolute atomic E-state index is 0.00747. The Bertz CT molecular complexity index is 1090. The zero-order valence-electron chi connectivity index (χ0n) is 17.2. The molecule has 2 amide bonds. The summed E-state index contributed by atoms with van der Waals surface area (Å²) in [6.07, 6.45) is 1.67. The van der Waals surface area contributed by atoms with Gasteiger partial charge in [0.2, 0.25) is 5.91 Å². The van der Waals surface area contributed by atoms with Gasteiger partial charge < -0.3 is 15.2 Å². The van der Waals surface area contributed by atoms with Crippen molar-refractivity contribution in [1.29, 1.82) is 0 Å². The van der Waals surface area contributed by atoms with Gasteiger partial charge >= 0.3 is 0 Å². The first-order valence-electron chi connectivity index (χ1n) is 10.3. The fourth-order valence-electron chi connectivity index (χ4n) is 3.69. The third kappa shape index (κ3) is 5.10. The monoisotopic (exact) mass is 435 g/mol. The lowest BCUT2D eigenvalue weighted by molar-refractivity contribution is -0.122. The van der Waals surface area contributed by atoms with Crippen molar-refractivity contribution in [2.45, 2.75) is 6.54 Å². The second kappa shape index (κ2) is 9.72. The number of nitrogens with one attached hydrogen (secondary N) is 2. The summed E-state index contributed by atoms with van der Waals surface area (Å²) < 4.78 is 2.25. The maximum absolute atomic E-state index is 13.1. The summed E-state index contributed by atoms with van der Waals surface area (Å²) in [7, 11) is 0. The average Bonchev–Trinajstić information content (AvgIpc) is 3.20. The Labute approximate surface area is 186 Å². The lowest BCUT2D eigenvalue weighted by Gasteiger charge is -2.34. The number of piperazine rings is 1. The van der Waals surface area contributed by atoms with Gasteiger partial charge in [0.15, 0.2) is 4.77 Å². The van der Waals surface area contributed by atoms with Crippen molar-refractivity contribution >= 4 is 24.0 Å². The molecule has 8 heteroatoms. The van der Waals surface area contributed by atoms with E-state index in [-0.39, 0.29) is 11.8 Å². The summed E-state index contributed by atoms with van der Waals surface area (Å²) in [5.41, 5.74) is 2.45. The molecule has 1 aliphatic heterocycles. The SMILES string of the molecule is O=C(CN1CCN(C(=O)c2c[nH]c(=S)n2-c2ccccc2)CC1)NCc1ccccc1. The zero-order chi connectivity index (χ0) is 21.6. The molecule has 0 bridgehead atoms. The Kier molecular flexibility index (Phi) is 6.59. The predicted molar refractivity (Wildman–Crippen MR) is 122 cm³/mol. The molecule has 1 saturated heterocycles. The summed E-state index contributed by atoms with van der Waals surface area (Å²) in [6.45, 7) is 3.30. The van der Waals surface area contributed by atoms with Crippen molar-refractivity contribution < 1.29 is 9.59 Å². The molecular formula is C23H25N5O2S. The molecule has 2 heterocycles. The normalized spacial score (nSPS) is 14.4. The van der Waals surface area contributed by atoms with Crippen molar-refractivity contribution in [3.63, 3.8) is 0 Å². The Hall–Kier alpha value is -3.23. The average molecular weight is 436 g/mol. The summed E-state index contributed by atoms with van der Waals surface area (Å²) in [4.78, 5) is 32.3. The second-order valence-corrected chi connectivity index (χ2v) is 7.87. The van der Waals surface area contributed by atoms with Crippen LogP contribution in [0.4, 0.5) is 0 Å². The lowest BCUT2D eigenvalue weighted by atomic mass is 10.2. The third-order valence-corrected chi connectivity index (χ3v) is 5.67. The number of hydrogen-bond donors (Lipinski definition) is 2. The number of H-pyrrole nitrogens is 1. The maximum Gasteiger partial charge on any atom is 0.272 e. The standard InChI is InChI=1S/C23H25N5O2S/c29-21(24-15-18-7-3-1-4-8-18)17-26-11-13-27(14-12-26)22(30)20-16-25-23(31)28(20)19-9-5-2-6-10-19/h1-10,16H,11-15,17H2,(H,24,29)(H,25,31).